The quantitative estimate of drug-likeness (QED) is 0.380. The molecule has 0 spiro atoms. The Balaban J connectivity index is 1.59. The van der Waals surface area contributed by atoms with Gasteiger partial charge < -0.3 is 5.32 Å². The van der Waals surface area contributed by atoms with Crippen LogP contribution in [0.3, 0.4) is 0 Å². The van der Waals surface area contributed by atoms with Crippen LogP contribution in [0.1, 0.15) is 5.56 Å². The summed E-state index contributed by atoms with van der Waals surface area (Å²) in [6.45, 7) is 1.99. The highest BCUT2D eigenvalue weighted by Crippen LogP contribution is 2.23. The predicted octanol–water partition coefficient (Wildman–Crippen LogP) is 3.56. The van der Waals surface area contributed by atoms with Gasteiger partial charge in [0.15, 0.2) is 5.82 Å². The third kappa shape index (κ3) is 4.67. The van der Waals surface area contributed by atoms with Gasteiger partial charge in [-0.05, 0) is 19.1 Å². The van der Waals surface area contributed by atoms with Crippen LogP contribution in [-0.2, 0) is 4.79 Å². The minimum absolute atomic E-state index is 0.00361. The van der Waals surface area contributed by atoms with E-state index in [1.807, 2.05) is 31.2 Å². The average molecular weight is 387 g/mol. The van der Waals surface area contributed by atoms with E-state index >= 15 is 0 Å². The van der Waals surface area contributed by atoms with Crippen LogP contribution in [0.4, 0.5) is 15.8 Å². The molecule has 1 aromatic heterocycles. The van der Waals surface area contributed by atoms with Gasteiger partial charge in [0.05, 0.1) is 10.7 Å². The third-order valence-electron chi connectivity index (χ3n) is 3.55. The fourth-order valence-corrected chi connectivity index (χ4v) is 2.81. The lowest BCUT2D eigenvalue weighted by atomic mass is 10.1. The summed E-state index contributed by atoms with van der Waals surface area (Å²) in [6.07, 6.45) is 0. The number of rotatable bonds is 6. The first-order valence-electron chi connectivity index (χ1n) is 7.78. The summed E-state index contributed by atoms with van der Waals surface area (Å²) in [5, 5.41) is 20.5. The molecule has 2 aromatic carbocycles. The van der Waals surface area contributed by atoms with Gasteiger partial charge in [0.25, 0.3) is 0 Å². The van der Waals surface area contributed by atoms with Gasteiger partial charge in [0, 0.05) is 17.3 Å². The summed E-state index contributed by atoms with van der Waals surface area (Å²) in [4.78, 5) is 26.2. The van der Waals surface area contributed by atoms with E-state index in [4.69, 9.17) is 0 Å². The number of H-pyrrole nitrogens is 1. The van der Waals surface area contributed by atoms with E-state index in [-0.39, 0.29) is 11.4 Å². The summed E-state index contributed by atoms with van der Waals surface area (Å²) in [5.41, 5.74) is 1.45. The number of carbonyl (C=O) groups excluding carboxylic acids is 1. The number of nitrogens with one attached hydrogen (secondary N) is 2. The Hall–Kier alpha value is -3.27. The smallest absolute Gasteiger partial charge is 0.306 e. The molecule has 138 valence electrons. The van der Waals surface area contributed by atoms with Crippen LogP contribution in [0, 0.1) is 22.9 Å². The number of carbonyl (C=O) groups is 1. The summed E-state index contributed by atoms with van der Waals surface area (Å²) < 4.78 is 13.3. The van der Waals surface area contributed by atoms with Crippen LogP contribution >= 0.6 is 11.8 Å². The molecule has 3 rings (SSSR count). The maximum Gasteiger partial charge on any atom is 0.306 e. The Morgan fingerprint density at radius 2 is 2.04 bits per heavy atom. The molecule has 0 unspecified atom stereocenters. The first kappa shape index (κ1) is 18.5. The number of halogens is 1. The van der Waals surface area contributed by atoms with E-state index in [2.05, 4.69) is 20.5 Å². The topological polar surface area (TPSA) is 114 Å². The minimum atomic E-state index is -0.961. The Labute approximate surface area is 157 Å². The molecule has 0 aliphatic rings. The number of aromatic amines is 1. The number of benzene rings is 2. The van der Waals surface area contributed by atoms with E-state index in [0.717, 1.165) is 35.0 Å². The van der Waals surface area contributed by atoms with Crippen LogP contribution in [0.5, 0.6) is 0 Å². The molecule has 27 heavy (non-hydrogen) atoms. The molecule has 1 amide bonds. The van der Waals surface area contributed by atoms with Gasteiger partial charge in [-0.3, -0.25) is 20.0 Å². The molecule has 0 bridgehead atoms. The van der Waals surface area contributed by atoms with Crippen molar-refractivity contribution in [1.29, 1.82) is 0 Å². The lowest BCUT2D eigenvalue weighted by Gasteiger charge is -2.04. The number of aryl methyl sites for hydroxylation is 1. The van der Waals surface area contributed by atoms with Crippen LogP contribution in [0.25, 0.3) is 11.4 Å². The van der Waals surface area contributed by atoms with Crippen LogP contribution in [0.2, 0.25) is 0 Å². The second-order valence-corrected chi connectivity index (χ2v) is 6.54. The van der Waals surface area contributed by atoms with E-state index in [1.54, 1.807) is 0 Å². The summed E-state index contributed by atoms with van der Waals surface area (Å²) in [7, 11) is 0. The Morgan fingerprint density at radius 1 is 1.30 bits per heavy atom. The first-order chi connectivity index (χ1) is 12.9. The minimum Gasteiger partial charge on any atom is -0.325 e. The summed E-state index contributed by atoms with van der Waals surface area (Å²) in [5.74, 6) is -0.789. The maximum absolute atomic E-state index is 13.3. The Bertz CT molecular complexity index is 990. The molecular weight excluding hydrogens is 373 g/mol. The fourth-order valence-electron chi connectivity index (χ4n) is 2.21. The van der Waals surface area contributed by atoms with Crippen molar-refractivity contribution in [2.45, 2.75) is 12.1 Å². The second-order valence-electron chi connectivity index (χ2n) is 5.59. The van der Waals surface area contributed by atoms with Gasteiger partial charge in [-0.25, -0.2) is 4.98 Å². The number of hydrogen-bond acceptors (Lipinski definition) is 6. The van der Waals surface area contributed by atoms with Gasteiger partial charge in [-0.15, -0.1) is 5.10 Å². The lowest BCUT2D eigenvalue weighted by Crippen LogP contribution is -2.14. The molecule has 0 aliphatic carbocycles. The zero-order valence-corrected chi connectivity index (χ0v) is 14.9. The largest absolute Gasteiger partial charge is 0.325 e. The van der Waals surface area contributed by atoms with E-state index in [0.29, 0.717) is 11.0 Å². The molecule has 0 fully saturated rings. The zero-order valence-electron chi connectivity index (χ0n) is 14.1. The third-order valence-corrected chi connectivity index (χ3v) is 4.40. The molecular formula is C17H14FN5O3S. The Morgan fingerprint density at radius 3 is 2.74 bits per heavy atom. The summed E-state index contributed by atoms with van der Waals surface area (Å²) >= 11 is 1.11. The van der Waals surface area contributed by atoms with Crippen molar-refractivity contribution >= 4 is 29.0 Å². The number of nitrogens with zero attached hydrogens (tertiary/aromatic N) is 3. The molecule has 0 radical (unpaired) electrons. The molecule has 0 saturated heterocycles. The Kier molecular flexibility index (Phi) is 5.46. The molecule has 0 saturated carbocycles. The van der Waals surface area contributed by atoms with Crippen molar-refractivity contribution < 1.29 is 14.1 Å². The molecule has 0 atom stereocenters. The van der Waals surface area contributed by atoms with Crippen LogP contribution in [0.15, 0.2) is 47.6 Å². The molecule has 8 nitrogen and oxygen atoms in total. The van der Waals surface area contributed by atoms with Crippen molar-refractivity contribution in [3.05, 3.63) is 64.0 Å². The number of aromatic nitrogens is 3. The maximum atomic E-state index is 13.3. The molecule has 3 aromatic rings. The number of nitro benzene ring substituents is 1. The average Bonchev–Trinajstić information content (AvgIpc) is 3.11. The standard InChI is InChI=1S/C17H14FN5O3S/c1-10-2-4-11(5-3-10)16-20-17(22-21-16)27-9-15(24)19-12-6-7-13(18)14(8-12)23(25)26/h2-8H,9H2,1H3,(H,19,24)(H,20,21,22). The monoisotopic (exact) mass is 387 g/mol. The normalized spacial score (nSPS) is 10.6. The zero-order chi connectivity index (χ0) is 19.4. The number of nitro groups is 1. The highest BCUT2D eigenvalue weighted by Gasteiger charge is 2.16. The fraction of sp³-hybridized carbons (Fsp3) is 0.118. The van der Waals surface area contributed by atoms with Crippen LogP contribution in [-0.4, -0.2) is 31.8 Å². The van der Waals surface area contributed by atoms with E-state index in [1.165, 1.54) is 6.07 Å². The summed E-state index contributed by atoms with van der Waals surface area (Å²) in [6, 6.07) is 10.9. The number of thioether (sulfide) groups is 1. The SMILES string of the molecule is Cc1ccc(-c2nc(SCC(=O)Nc3ccc(F)c([N+](=O)[O-])c3)n[nH]2)cc1. The van der Waals surface area contributed by atoms with Crippen LogP contribution < -0.4 is 5.32 Å². The van der Waals surface area contributed by atoms with E-state index < -0.39 is 22.3 Å². The molecule has 10 heteroatoms. The molecule has 0 aliphatic heterocycles. The number of anilines is 1. The molecule has 1 heterocycles. The van der Waals surface area contributed by atoms with Gasteiger partial charge in [-0.1, -0.05) is 41.6 Å². The molecule has 2 N–H and O–H groups in total. The van der Waals surface area contributed by atoms with Gasteiger partial charge in [-0.2, -0.15) is 4.39 Å². The van der Waals surface area contributed by atoms with Crippen molar-refractivity contribution in [2.75, 3.05) is 11.1 Å². The number of hydrogen-bond donors (Lipinski definition) is 2. The number of amides is 1. The lowest BCUT2D eigenvalue weighted by molar-refractivity contribution is -0.387. The highest BCUT2D eigenvalue weighted by molar-refractivity contribution is 7.99. The van der Waals surface area contributed by atoms with Crippen molar-refractivity contribution in [1.82, 2.24) is 15.2 Å². The van der Waals surface area contributed by atoms with Gasteiger partial charge in [0.2, 0.25) is 16.9 Å². The van der Waals surface area contributed by atoms with Gasteiger partial charge >= 0.3 is 5.69 Å². The van der Waals surface area contributed by atoms with Crippen molar-refractivity contribution in [3.63, 3.8) is 0 Å². The predicted molar refractivity (Wildman–Crippen MR) is 99.0 cm³/mol. The highest BCUT2D eigenvalue weighted by atomic mass is 32.2. The second kappa shape index (κ2) is 7.96. The van der Waals surface area contributed by atoms with Crippen molar-refractivity contribution in [3.8, 4) is 11.4 Å². The van der Waals surface area contributed by atoms with E-state index in [9.17, 15) is 19.3 Å². The first-order valence-corrected chi connectivity index (χ1v) is 8.77. The van der Waals surface area contributed by atoms with Crippen molar-refractivity contribution in [2.24, 2.45) is 0 Å². The van der Waals surface area contributed by atoms with Gasteiger partial charge in [0.1, 0.15) is 0 Å².